The molecule has 1 amide bonds. The van der Waals surface area contributed by atoms with E-state index in [4.69, 9.17) is 0 Å². The molecule has 2 saturated carbocycles. The third kappa shape index (κ3) is 4.54. The Balaban J connectivity index is 1.21. The van der Waals surface area contributed by atoms with Gasteiger partial charge in [-0.15, -0.1) is 0 Å². The first-order chi connectivity index (χ1) is 13.1. The molecule has 3 atom stereocenters. The zero-order valence-corrected chi connectivity index (χ0v) is 16.8. The van der Waals surface area contributed by atoms with Crippen LogP contribution in [0.4, 0.5) is 0 Å². The van der Waals surface area contributed by atoms with Crippen LogP contribution in [0, 0.1) is 11.8 Å². The number of hydrogen-bond donors (Lipinski definition) is 2. The SMILES string of the molecule is CC(=O)C1CCC(N2CCN(CC3NC(=O)C4CCCCC4N3)CC2)CC1. The Morgan fingerprint density at radius 2 is 1.70 bits per heavy atom. The number of nitrogens with zero attached hydrogens (tertiary/aromatic N) is 2. The van der Waals surface area contributed by atoms with Crippen molar-refractivity contribution < 1.29 is 9.59 Å². The molecule has 2 saturated heterocycles. The predicted molar refractivity (Wildman–Crippen MR) is 105 cm³/mol. The Bertz CT molecular complexity index is 538. The summed E-state index contributed by atoms with van der Waals surface area (Å²) in [5.74, 6) is 1.15. The maximum absolute atomic E-state index is 12.4. The zero-order chi connectivity index (χ0) is 18.8. The predicted octanol–water partition coefficient (Wildman–Crippen LogP) is 1.36. The average molecular weight is 377 g/mol. The lowest BCUT2D eigenvalue weighted by Gasteiger charge is -2.44. The molecule has 0 bridgehead atoms. The highest BCUT2D eigenvalue weighted by atomic mass is 16.2. The van der Waals surface area contributed by atoms with E-state index in [-0.39, 0.29) is 18.0 Å². The lowest BCUT2D eigenvalue weighted by atomic mass is 9.82. The normalized spacial score (nSPS) is 38.9. The number of carbonyl (C=O) groups excluding carboxylic acids is 2. The number of carbonyl (C=O) groups is 2. The minimum absolute atomic E-state index is 0.106. The summed E-state index contributed by atoms with van der Waals surface area (Å²) in [5, 5.41) is 6.92. The molecule has 2 aliphatic carbocycles. The summed E-state index contributed by atoms with van der Waals surface area (Å²) in [4.78, 5) is 29.1. The number of piperazine rings is 1. The van der Waals surface area contributed by atoms with Gasteiger partial charge in [-0.3, -0.25) is 24.7 Å². The van der Waals surface area contributed by atoms with E-state index >= 15 is 0 Å². The molecule has 152 valence electrons. The summed E-state index contributed by atoms with van der Waals surface area (Å²) < 4.78 is 0. The molecule has 3 unspecified atom stereocenters. The van der Waals surface area contributed by atoms with E-state index in [0.29, 0.717) is 23.8 Å². The van der Waals surface area contributed by atoms with Crippen LogP contribution in [0.3, 0.4) is 0 Å². The smallest absolute Gasteiger partial charge is 0.225 e. The van der Waals surface area contributed by atoms with Crippen molar-refractivity contribution in [3.05, 3.63) is 0 Å². The van der Waals surface area contributed by atoms with Crippen LogP contribution in [0.2, 0.25) is 0 Å². The van der Waals surface area contributed by atoms with Gasteiger partial charge in [0.2, 0.25) is 5.91 Å². The van der Waals surface area contributed by atoms with Crippen molar-refractivity contribution in [2.45, 2.75) is 76.5 Å². The molecule has 4 fully saturated rings. The van der Waals surface area contributed by atoms with Gasteiger partial charge in [0, 0.05) is 50.7 Å². The molecule has 0 aromatic heterocycles. The van der Waals surface area contributed by atoms with E-state index in [1.165, 1.54) is 25.7 Å². The average Bonchev–Trinajstić information content (AvgIpc) is 2.69. The fourth-order valence-electron chi connectivity index (χ4n) is 5.74. The van der Waals surface area contributed by atoms with E-state index in [2.05, 4.69) is 20.4 Å². The van der Waals surface area contributed by atoms with Gasteiger partial charge in [-0.2, -0.15) is 0 Å². The van der Waals surface area contributed by atoms with Crippen LogP contribution in [0.15, 0.2) is 0 Å². The van der Waals surface area contributed by atoms with Gasteiger partial charge in [0.1, 0.15) is 5.78 Å². The van der Waals surface area contributed by atoms with Gasteiger partial charge >= 0.3 is 0 Å². The number of nitrogens with one attached hydrogen (secondary N) is 2. The molecule has 2 heterocycles. The second kappa shape index (κ2) is 8.58. The molecule has 6 nitrogen and oxygen atoms in total. The minimum atomic E-state index is 0.106. The monoisotopic (exact) mass is 376 g/mol. The molecule has 4 aliphatic rings. The molecule has 0 radical (unpaired) electrons. The third-order valence-electron chi connectivity index (χ3n) is 7.47. The highest BCUT2D eigenvalue weighted by molar-refractivity contribution is 5.80. The summed E-state index contributed by atoms with van der Waals surface area (Å²) >= 11 is 0. The van der Waals surface area contributed by atoms with Crippen molar-refractivity contribution in [2.24, 2.45) is 11.8 Å². The van der Waals surface area contributed by atoms with Crippen LogP contribution < -0.4 is 10.6 Å². The summed E-state index contributed by atoms with van der Waals surface area (Å²) in [6.45, 7) is 7.05. The Hall–Kier alpha value is -0.980. The number of ketones is 1. The van der Waals surface area contributed by atoms with E-state index in [1.54, 1.807) is 6.92 Å². The van der Waals surface area contributed by atoms with Crippen molar-refractivity contribution in [1.82, 2.24) is 20.4 Å². The molecule has 6 heteroatoms. The van der Waals surface area contributed by atoms with Gasteiger partial charge in [0.25, 0.3) is 0 Å². The van der Waals surface area contributed by atoms with Gasteiger partial charge in [0.15, 0.2) is 0 Å². The number of hydrogen-bond acceptors (Lipinski definition) is 5. The van der Waals surface area contributed by atoms with Crippen molar-refractivity contribution in [1.29, 1.82) is 0 Å². The maximum Gasteiger partial charge on any atom is 0.225 e. The highest BCUT2D eigenvalue weighted by Gasteiger charge is 2.38. The van der Waals surface area contributed by atoms with Crippen molar-refractivity contribution in [2.75, 3.05) is 32.7 Å². The van der Waals surface area contributed by atoms with Gasteiger partial charge in [0.05, 0.1) is 12.1 Å². The summed E-state index contributed by atoms with van der Waals surface area (Å²) in [6, 6.07) is 1.05. The number of rotatable bonds is 4. The van der Waals surface area contributed by atoms with Gasteiger partial charge in [-0.1, -0.05) is 12.8 Å². The molecule has 0 aromatic carbocycles. The van der Waals surface area contributed by atoms with Crippen LogP contribution in [0.1, 0.15) is 58.3 Å². The minimum Gasteiger partial charge on any atom is -0.339 e. The Morgan fingerprint density at radius 1 is 1.00 bits per heavy atom. The fraction of sp³-hybridized carbons (Fsp3) is 0.905. The van der Waals surface area contributed by atoms with Crippen LogP contribution in [-0.2, 0) is 9.59 Å². The second-order valence-corrected chi connectivity index (χ2v) is 9.18. The van der Waals surface area contributed by atoms with Crippen LogP contribution in [0.5, 0.6) is 0 Å². The Morgan fingerprint density at radius 3 is 2.41 bits per heavy atom. The van der Waals surface area contributed by atoms with Gasteiger partial charge in [-0.05, 0) is 45.4 Å². The van der Waals surface area contributed by atoms with Crippen molar-refractivity contribution >= 4 is 11.7 Å². The largest absolute Gasteiger partial charge is 0.339 e. The number of Topliss-reactive ketones (excluding diaryl/α,β-unsaturated/α-hetero) is 1. The molecule has 0 aromatic rings. The fourth-order valence-corrected chi connectivity index (χ4v) is 5.74. The first-order valence-electron chi connectivity index (χ1n) is 11.1. The molecule has 2 N–H and O–H groups in total. The lowest BCUT2D eigenvalue weighted by Crippen LogP contribution is -2.65. The first-order valence-corrected chi connectivity index (χ1v) is 11.1. The highest BCUT2D eigenvalue weighted by Crippen LogP contribution is 2.29. The van der Waals surface area contributed by atoms with Crippen LogP contribution in [0.25, 0.3) is 0 Å². The first kappa shape index (κ1) is 19.3. The molecular weight excluding hydrogens is 340 g/mol. The molecule has 0 spiro atoms. The van der Waals surface area contributed by atoms with Crippen molar-refractivity contribution in [3.63, 3.8) is 0 Å². The topological polar surface area (TPSA) is 64.7 Å². The van der Waals surface area contributed by atoms with E-state index < -0.39 is 0 Å². The molecule has 27 heavy (non-hydrogen) atoms. The number of amides is 1. The summed E-state index contributed by atoms with van der Waals surface area (Å²) in [6.07, 6.45) is 9.22. The van der Waals surface area contributed by atoms with Gasteiger partial charge in [-0.25, -0.2) is 0 Å². The van der Waals surface area contributed by atoms with Crippen LogP contribution >= 0.6 is 0 Å². The standard InChI is InChI=1S/C21H36N4O2/c1-15(26)16-6-8-17(9-7-16)25-12-10-24(11-13-25)14-20-22-19-5-3-2-4-18(19)21(27)23-20/h16-20,22H,2-14H2,1H3,(H,23,27). The number of fused-ring (bicyclic) bond motifs is 1. The van der Waals surface area contributed by atoms with Crippen LogP contribution in [-0.4, -0.2) is 72.5 Å². The Labute approximate surface area is 163 Å². The van der Waals surface area contributed by atoms with E-state index in [9.17, 15) is 9.59 Å². The second-order valence-electron chi connectivity index (χ2n) is 9.18. The third-order valence-corrected chi connectivity index (χ3v) is 7.47. The van der Waals surface area contributed by atoms with E-state index in [1.807, 2.05) is 0 Å². The molecule has 4 rings (SSSR count). The Kier molecular flexibility index (Phi) is 6.15. The van der Waals surface area contributed by atoms with Gasteiger partial charge < -0.3 is 5.32 Å². The molecule has 2 aliphatic heterocycles. The van der Waals surface area contributed by atoms with E-state index in [0.717, 1.165) is 58.4 Å². The zero-order valence-electron chi connectivity index (χ0n) is 16.8. The molecular formula is C21H36N4O2. The quantitative estimate of drug-likeness (QED) is 0.776. The maximum atomic E-state index is 12.4. The summed E-state index contributed by atoms with van der Waals surface area (Å²) in [7, 11) is 0. The summed E-state index contributed by atoms with van der Waals surface area (Å²) in [5.41, 5.74) is 0. The lowest BCUT2D eigenvalue weighted by molar-refractivity contribution is -0.131. The van der Waals surface area contributed by atoms with Crippen molar-refractivity contribution in [3.8, 4) is 0 Å².